The van der Waals surface area contributed by atoms with Crippen molar-refractivity contribution in [3.63, 3.8) is 0 Å². The van der Waals surface area contributed by atoms with Crippen LogP contribution in [0.4, 0.5) is 0 Å². The number of aromatic nitrogens is 2. The fourth-order valence-corrected chi connectivity index (χ4v) is 2.36. The van der Waals surface area contributed by atoms with Crippen LogP contribution in [0.25, 0.3) is 0 Å². The van der Waals surface area contributed by atoms with Crippen molar-refractivity contribution in [1.82, 2.24) is 19.4 Å². The highest BCUT2D eigenvalue weighted by Gasteiger charge is 2.19. The van der Waals surface area contributed by atoms with Crippen molar-refractivity contribution in [3.8, 4) is 0 Å². The number of nitrogens with one attached hydrogen (secondary N) is 1. The Morgan fingerprint density at radius 2 is 2.06 bits per heavy atom. The minimum Gasteiger partial charge on any atom is -0.308 e. The molecule has 0 radical (unpaired) electrons. The normalized spacial score (nSPS) is 20.5. The molecule has 2 heterocycles. The molecular weight excluding hydrogens is 232 g/mol. The minimum absolute atomic E-state index is 0.211. The molecular formula is C12H20N4O2. The SMILES string of the molecule is CN1CCC(NCc2cn(C)c(=O)n(C)c2=O)C1. The van der Waals surface area contributed by atoms with E-state index in [0.717, 1.165) is 24.1 Å². The summed E-state index contributed by atoms with van der Waals surface area (Å²) in [5.74, 6) is 0. The van der Waals surface area contributed by atoms with Gasteiger partial charge in [-0.25, -0.2) is 4.79 Å². The van der Waals surface area contributed by atoms with Crippen molar-refractivity contribution in [3.05, 3.63) is 32.6 Å². The Balaban J connectivity index is 2.11. The molecule has 1 aromatic heterocycles. The van der Waals surface area contributed by atoms with Gasteiger partial charge < -0.3 is 14.8 Å². The number of nitrogens with zero attached hydrogens (tertiary/aromatic N) is 3. The van der Waals surface area contributed by atoms with Crippen LogP contribution in [-0.2, 0) is 20.6 Å². The Morgan fingerprint density at radius 1 is 1.33 bits per heavy atom. The largest absolute Gasteiger partial charge is 0.330 e. The summed E-state index contributed by atoms with van der Waals surface area (Å²) in [7, 11) is 5.26. The summed E-state index contributed by atoms with van der Waals surface area (Å²) in [6.07, 6.45) is 2.72. The molecule has 1 unspecified atom stereocenters. The van der Waals surface area contributed by atoms with E-state index in [1.165, 1.54) is 11.6 Å². The lowest BCUT2D eigenvalue weighted by atomic mass is 10.2. The maximum Gasteiger partial charge on any atom is 0.330 e. The van der Waals surface area contributed by atoms with Crippen LogP contribution in [0.5, 0.6) is 0 Å². The van der Waals surface area contributed by atoms with Crippen LogP contribution in [0.3, 0.4) is 0 Å². The van der Waals surface area contributed by atoms with Crippen molar-refractivity contribution in [2.45, 2.75) is 19.0 Å². The van der Waals surface area contributed by atoms with Crippen LogP contribution in [-0.4, -0.2) is 40.2 Å². The molecule has 18 heavy (non-hydrogen) atoms. The van der Waals surface area contributed by atoms with Crippen molar-refractivity contribution in [2.24, 2.45) is 14.1 Å². The van der Waals surface area contributed by atoms with Crippen molar-refractivity contribution in [1.29, 1.82) is 0 Å². The first-order chi connectivity index (χ1) is 8.49. The van der Waals surface area contributed by atoms with Gasteiger partial charge in [0.2, 0.25) is 0 Å². The Bertz CT molecular complexity index is 546. The predicted molar refractivity (Wildman–Crippen MR) is 69.7 cm³/mol. The third-order valence-electron chi connectivity index (χ3n) is 3.49. The molecule has 6 heteroatoms. The average molecular weight is 252 g/mol. The number of hydrogen-bond acceptors (Lipinski definition) is 4. The van der Waals surface area contributed by atoms with E-state index in [1.807, 2.05) is 0 Å². The topological polar surface area (TPSA) is 59.3 Å². The molecule has 1 N–H and O–H groups in total. The first kappa shape index (κ1) is 13.0. The van der Waals surface area contributed by atoms with Gasteiger partial charge in [-0.2, -0.15) is 0 Å². The lowest BCUT2D eigenvalue weighted by molar-refractivity contribution is 0.397. The van der Waals surface area contributed by atoms with Gasteiger partial charge in [0.25, 0.3) is 5.56 Å². The van der Waals surface area contributed by atoms with Gasteiger partial charge in [0.15, 0.2) is 0 Å². The lowest BCUT2D eigenvalue weighted by Gasteiger charge is -2.13. The molecule has 100 valence electrons. The van der Waals surface area contributed by atoms with Gasteiger partial charge >= 0.3 is 5.69 Å². The monoisotopic (exact) mass is 252 g/mol. The highest BCUT2D eigenvalue weighted by atomic mass is 16.2. The van der Waals surface area contributed by atoms with Gasteiger partial charge in [-0.3, -0.25) is 9.36 Å². The lowest BCUT2D eigenvalue weighted by Crippen LogP contribution is -2.41. The molecule has 1 atom stereocenters. The molecule has 0 saturated carbocycles. The first-order valence-corrected chi connectivity index (χ1v) is 6.16. The van der Waals surface area contributed by atoms with Crippen LogP contribution in [0.1, 0.15) is 12.0 Å². The third-order valence-corrected chi connectivity index (χ3v) is 3.49. The standard InChI is InChI=1S/C12H20N4O2/c1-14-5-4-10(8-14)13-6-9-7-15(2)12(18)16(3)11(9)17/h7,10,13H,4-6,8H2,1-3H3. The van der Waals surface area contributed by atoms with Crippen molar-refractivity contribution < 1.29 is 0 Å². The van der Waals surface area contributed by atoms with Crippen LogP contribution >= 0.6 is 0 Å². The molecule has 0 aliphatic carbocycles. The van der Waals surface area contributed by atoms with E-state index in [9.17, 15) is 9.59 Å². The maximum absolute atomic E-state index is 11.9. The molecule has 1 aliphatic heterocycles. The van der Waals surface area contributed by atoms with Crippen molar-refractivity contribution >= 4 is 0 Å². The summed E-state index contributed by atoms with van der Waals surface area (Å²) in [5, 5.41) is 3.37. The molecule has 1 aliphatic rings. The summed E-state index contributed by atoms with van der Waals surface area (Å²) in [5.41, 5.74) is 0.135. The fourth-order valence-electron chi connectivity index (χ4n) is 2.36. The van der Waals surface area contributed by atoms with E-state index >= 15 is 0 Å². The minimum atomic E-state index is -0.288. The van der Waals surface area contributed by atoms with Crippen LogP contribution in [0, 0.1) is 0 Å². The molecule has 0 spiro atoms. The molecule has 1 saturated heterocycles. The van der Waals surface area contributed by atoms with Gasteiger partial charge in [-0.15, -0.1) is 0 Å². The smallest absolute Gasteiger partial charge is 0.308 e. The van der Waals surface area contributed by atoms with Crippen LogP contribution < -0.4 is 16.6 Å². The van der Waals surface area contributed by atoms with Gasteiger partial charge in [-0.1, -0.05) is 0 Å². The van der Waals surface area contributed by atoms with E-state index in [-0.39, 0.29) is 11.2 Å². The Kier molecular flexibility index (Phi) is 3.68. The number of rotatable bonds is 3. The van der Waals surface area contributed by atoms with E-state index in [0.29, 0.717) is 18.2 Å². The summed E-state index contributed by atoms with van der Waals surface area (Å²) in [6, 6.07) is 0.428. The van der Waals surface area contributed by atoms with Gasteiger partial charge in [0.1, 0.15) is 0 Å². The zero-order valence-electron chi connectivity index (χ0n) is 11.1. The Hall–Kier alpha value is -1.40. The number of aryl methyl sites for hydroxylation is 1. The van der Waals surface area contributed by atoms with Gasteiger partial charge in [-0.05, 0) is 20.0 Å². The van der Waals surface area contributed by atoms with E-state index in [1.54, 1.807) is 13.2 Å². The zero-order valence-corrected chi connectivity index (χ0v) is 11.1. The second-order valence-electron chi connectivity index (χ2n) is 5.04. The molecule has 1 aromatic rings. The molecule has 2 rings (SSSR count). The van der Waals surface area contributed by atoms with Gasteiger partial charge in [0.05, 0.1) is 0 Å². The fraction of sp³-hybridized carbons (Fsp3) is 0.667. The summed E-state index contributed by atoms with van der Waals surface area (Å²) >= 11 is 0. The average Bonchev–Trinajstić information content (AvgIpc) is 2.75. The van der Waals surface area contributed by atoms with E-state index in [4.69, 9.17) is 0 Å². The van der Waals surface area contributed by atoms with Crippen LogP contribution in [0.15, 0.2) is 15.8 Å². The summed E-state index contributed by atoms with van der Waals surface area (Å²) in [4.78, 5) is 25.7. The van der Waals surface area contributed by atoms with Crippen molar-refractivity contribution in [2.75, 3.05) is 20.1 Å². The number of likely N-dealkylation sites (tertiary alicyclic amines) is 1. The summed E-state index contributed by atoms with van der Waals surface area (Å²) < 4.78 is 2.59. The van der Waals surface area contributed by atoms with Gasteiger partial charge in [0, 0.05) is 45.0 Å². The second-order valence-corrected chi connectivity index (χ2v) is 5.04. The molecule has 1 fully saturated rings. The highest BCUT2D eigenvalue weighted by molar-refractivity contribution is 5.05. The highest BCUT2D eigenvalue weighted by Crippen LogP contribution is 2.06. The predicted octanol–water partition coefficient (Wildman–Crippen LogP) is -1.12. The van der Waals surface area contributed by atoms with E-state index in [2.05, 4.69) is 17.3 Å². The second kappa shape index (κ2) is 5.07. The maximum atomic E-state index is 11.9. The number of likely N-dealkylation sites (N-methyl/N-ethyl adjacent to an activating group) is 1. The molecule has 6 nitrogen and oxygen atoms in total. The van der Waals surface area contributed by atoms with E-state index < -0.39 is 0 Å². The zero-order chi connectivity index (χ0) is 13.3. The molecule has 0 amide bonds. The first-order valence-electron chi connectivity index (χ1n) is 6.16. The molecule has 0 aromatic carbocycles. The molecule has 0 bridgehead atoms. The number of hydrogen-bond donors (Lipinski definition) is 1. The Labute approximate surface area is 106 Å². The third kappa shape index (κ3) is 2.54. The summed E-state index contributed by atoms with van der Waals surface area (Å²) in [6.45, 7) is 2.61. The Morgan fingerprint density at radius 3 is 2.67 bits per heavy atom. The quantitative estimate of drug-likeness (QED) is 0.740. The van der Waals surface area contributed by atoms with Crippen LogP contribution in [0.2, 0.25) is 0 Å².